The van der Waals surface area contributed by atoms with Crippen molar-refractivity contribution in [2.24, 2.45) is 11.8 Å². The Kier molecular flexibility index (Phi) is 5.39. The highest BCUT2D eigenvalue weighted by atomic mass is 35.5. The zero-order valence-corrected chi connectivity index (χ0v) is 17.0. The van der Waals surface area contributed by atoms with Crippen LogP contribution in [0.15, 0.2) is 42.5 Å². The second-order valence-corrected chi connectivity index (χ2v) is 8.78. The molecule has 1 saturated heterocycles. The van der Waals surface area contributed by atoms with Crippen LogP contribution in [0.2, 0.25) is 10.0 Å². The summed E-state index contributed by atoms with van der Waals surface area (Å²) >= 11 is 12.3. The molecule has 2 aliphatic rings. The molecule has 0 aromatic heterocycles. The van der Waals surface area contributed by atoms with Gasteiger partial charge in [-0.05, 0) is 66.5 Å². The standard InChI is InChI=1S/C22H25Cl2NO2/c1-27-20-4-2-3-18(9-20)22(26)11-16-13-25(14-17(16)12-22)8-7-15-5-6-19(23)10-21(15)24/h2-6,9-10,16-17,26H,7-8,11-14H2,1H3/t16-,17+,22?. The molecule has 3 nitrogen and oxygen atoms in total. The minimum absolute atomic E-state index is 0.543. The first-order valence-corrected chi connectivity index (χ1v) is 10.3. The van der Waals surface area contributed by atoms with Gasteiger partial charge in [-0.15, -0.1) is 0 Å². The minimum atomic E-state index is -0.727. The first kappa shape index (κ1) is 19.1. The molecule has 1 aliphatic carbocycles. The summed E-state index contributed by atoms with van der Waals surface area (Å²) in [5, 5.41) is 12.7. The number of hydrogen-bond donors (Lipinski definition) is 1. The molecular weight excluding hydrogens is 381 g/mol. The van der Waals surface area contributed by atoms with Crippen LogP contribution in [0.5, 0.6) is 5.75 Å². The molecule has 0 radical (unpaired) electrons. The van der Waals surface area contributed by atoms with Gasteiger partial charge >= 0.3 is 0 Å². The molecule has 5 heteroatoms. The fraction of sp³-hybridized carbons (Fsp3) is 0.455. The third-order valence-electron chi connectivity index (χ3n) is 6.17. The van der Waals surface area contributed by atoms with Crippen molar-refractivity contribution in [1.29, 1.82) is 0 Å². The maximum atomic E-state index is 11.2. The molecule has 4 rings (SSSR count). The largest absolute Gasteiger partial charge is 0.497 e. The maximum absolute atomic E-state index is 11.2. The Morgan fingerprint density at radius 2 is 1.85 bits per heavy atom. The third kappa shape index (κ3) is 3.97. The topological polar surface area (TPSA) is 32.7 Å². The van der Waals surface area contributed by atoms with E-state index in [4.69, 9.17) is 27.9 Å². The Morgan fingerprint density at radius 1 is 1.11 bits per heavy atom. The monoisotopic (exact) mass is 405 g/mol. The molecule has 2 fully saturated rings. The van der Waals surface area contributed by atoms with Gasteiger partial charge in [-0.25, -0.2) is 0 Å². The van der Waals surface area contributed by atoms with Gasteiger partial charge < -0.3 is 14.7 Å². The summed E-state index contributed by atoms with van der Waals surface area (Å²) in [4.78, 5) is 2.51. The van der Waals surface area contributed by atoms with Gasteiger partial charge in [0.05, 0.1) is 12.7 Å². The smallest absolute Gasteiger partial charge is 0.119 e. The van der Waals surface area contributed by atoms with Crippen LogP contribution in [-0.2, 0) is 12.0 Å². The molecule has 1 saturated carbocycles. The first-order valence-electron chi connectivity index (χ1n) is 9.50. The normalized spacial score (nSPS) is 27.7. The van der Waals surface area contributed by atoms with Crippen LogP contribution in [0.3, 0.4) is 0 Å². The Bertz CT molecular complexity index is 812. The van der Waals surface area contributed by atoms with Gasteiger partial charge in [0.1, 0.15) is 5.75 Å². The van der Waals surface area contributed by atoms with Crippen molar-refractivity contribution in [3.63, 3.8) is 0 Å². The van der Waals surface area contributed by atoms with Crippen molar-refractivity contribution in [2.75, 3.05) is 26.7 Å². The van der Waals surface area contributed by atoms with Gasteiger partial charge in [0.25, 0.3) is 0 Å². The number of halogens is 2. The van der Waals surface area contributed by atoms with Crippen LogP contribution < -0.4 is 4.74 Å². The number of benzene rings is 2. The lowest BCUT2D eigenvalue weighted by molar-refractivity contribution is 0.0312. The molecule has 1 N–H and O–H groups in total. The van der Waals surface area contributed by atoms with Gasteiger partial charge in [0.2, 0.25) is 0 Å². The molecule has 144 valence electrons. The van der Waals surface area contributed by atoms with Crippen LogP contribution in [0.1, 0.15) is 24.0 Å². The van der Waals surface area contributed by atoms with Crippen molar-refractivity contribution >= 4 is 23.2 Å². The second kappa shape index (κ2) is 7.63. The lowest BCUT2D eigenvalue weighted by atomic mass is 9.90. The van der Waals surface area contributed by atoms with Crippen molar-refractivity contribution in [3.05, 3.63) is 63.6 Å². The highest BCUT2D eigenvalue weighted by Gasteiger charge is 2.48. The second-order valence-electron chi connectivity index (χ2n) is 7.94. The van der Waals surface area contributed by atoms with Gasteiger partial charge in [-0.3, -0.25) is 0 Å². The quantitative estimate of drug-likeness (QED) is 0.776. The van der Waals surface area contributed by atoms with E-state index in [2.05, 4.69) is 4.90 Å². The van der Waals surface area contributed by atoms with Gasteiger partial charge in [-0.1, -0.05) is 41.4 Å². The lowest BCUT2D eigenvalue weighted by Gasteiger charge is -2.27. The zero-order chi connectivity index (χ0) is 19.0. The number of likely N-dealkylation sites (tertiary alicyclic amines) is 1. The predicted octanol–water partition coefficient (Wildman–Crippen LogP) is 4.77. The Balaban J connectivity index is 1.36. The summed E-state index contributed by atoms with van der Waals surface area (Å²) < 4.78 is 5.32. The molecule has 0 amide bonds. The van der Waals surface area contributed by atoms with E-state index in [0.29, 0.717) is 16.9 Å². The zero-order valence-electron chi connectivity index (χ0n) is 15.5. The molecule has 0 spiro atoms. The number of rotatable bonds is 5. The van der Waals surface area contributed by atoms with Crippen LogP contribution in [0.25, 0.3) is 0 Å². The SMILES string of the molecule is COc1cccc(C2(O)C[C@H]3CN(CCc4ccc(Cl)cc4Cl)C[C@H]3C2)c1. The van der Waals surface area contributed by atoms with E-state index in [1.54, 1.807) is 7.11 Å². The number of aliphatic hydroxyl groups is 1. The Hall–Kier alpha value is -1.26. The fourth-order valence-corrected chi connectivity index (χ4v) is 5.29. The van der Waals surface area contributed by atoms with Crippen molar-refractivity contribution < 1.29 is 9.84 Å². The van der Waals surface area contributed by atoms with E-state index >= 15 is 0 Å². The van der Waals surface area contributed by atoms with E-state index < -0.39 is 5.60 Å². The van der Waals surface area contributed by atoms with Crippen LogP contribution in [0.4, 0.5) is 0 Å². The number of methoxy groups -OCH3 is 1. The van der Waals surface area contributed by atoms with Gasteiger partial charge in [-0.2, -0.15) is 0 Å². The van der Waals surface area contributed by atoms with E-state index in [9.17, 15) is 5.11 Å². The summed E-state index contributed by atoms with van der Waals surface area (Å²) in [6.07, 6.45) is 2.57. The molecular formula is C22H25Cl2NO2. The minimum Gasteiger partial charge on any atom is -0.497 e. The molecule has 27 heavy (non-hydrogen) atoms. The lowest BCUT2D eigenvalue weighted by Crippen LogP contribution is -2.29. The van der Waals surface area contributed by atoms with Gasteiger partial charge in [0.15, 0.2) is 0 Å². The average molecular weight is 406 g/mol. The molecule has 0 bridgehead atoms. The van der Waals surface area contributed by atoms with E-state index in [0.717, 1.165) is 60.8 Å². The number of hydrogen-bond acceptors (Lipinski definition) is 3. The summed E-state index contributed by atoms with van der Waals surface area (Å²) in [6.45, 7) is 3.08. The predicted molar refractivity (Wildman–Crippen MR) is 110 cm³/mol. The van der Waals surface area contributed by atoms with Gasteiger partial charge in [0, 0.05) is 29.7 Å². The summed E-state index contributed by atoms with van der Waals surface area (Å²) in [5.41, 5.74) is 1.40. The number of nitrogens with zero attached hydrogens (tertiary/aromatic N) is 1. The molecule has 3 atom stereocenters. The molecule has 1 heterocycles. The van der Waals surface area contributed by atoms with Crippen molar-refractivity contribution in [3.8, 4) is 5.75 Å². The van der Waals surface area contributed by atoms with Crippen molar-refractivity contribution in [2.45, 2.75) is 24.9 Å². The summed E-state index contributed by atoms with van der Waals surface area (Å²) in [7, 11) is 1.66. The Labute approximate surface area is 170 Å². The highest BCUT2D eigenvalue weighted by molar-refractivity contribution is 6.35. The number of fused-ring (bicyclic) bond motifs is 1. The summed E-state index contributed by atoms with van der Waals surface area (Å²) in [5.74, 6) is 1.89. The Morgan fingerprint density at radius 3 is 2.52 bits per heavy atom. The maximum Gasteiger partial charge on any atom is 0.119 e. The molecule has 1 aliphatic heterocycles. The average Bonchev–Trinajstić information content (AvgIpc) is 3.16. The van der Waals surface area contributed by atoms with Crippen LogP contribution in [0, 0.1) is 11.8 Å². The highest BCUT2D eigenvalue weighted by Crippen LogP contribution is 2.49. The third-order valence-corrected chi connectivity index (χ3v) is 6.76. The van der Waals surface area contributed by atoms with Crippen LogP contribution >= 0.6 is 23.2 Å². The first-order chi connectivity index (χ1) is 13.0. The van der Waals surface area contributed by atoms with Crippen LogP contribution in [-0.4, -0.2) is 36.8 Å². The van der Waals surface area contributed by atoms with E-state index in [1.807, 2.05) is 42.5 Å². The summed E-state index contributed by atoms with van der Waals surface area (Å²) in [6, 6.07) is 13.6. The molecule has 1 unspecified atom stereocenters. The molecule has 2 aromatic carbocycles. The van der Waals surface area contributed by atoms with Crippen molar-refractivity contribution in [1.82, 2.24) is 4.90 Å². The van der Waals surface area contributed by atoms with E-state index in [1.165, 1.54) is 0 Å². The molecule has 2 aromatic rings. The fourth-order valence-electron chi connectivity index (χ4n) is 4.78. The number of ether oxygens (including phenoxy) is 1. The van der Waals surface area contributed by atoms with E-state index in [-0.39, 0.29) is 0 Å².